The Hall–Kier alpha value is -1.36. The van der Waals surface area contributed by atoms with Crippen molar-refractivity contribution in [3.8, 4) is 0 Å². The minimum Gasteiger partial charge on any atom is -0.392 e. The number of hydrogen-bond donors (Lipinski definition) is 1. The molecule has 1 saturated heterocycles. The number of hydrogen-bond acceptors (Lipinski definition) is 3. The third kappa shape index (κ3) is 4.84. The van der Waals surface area contributed by atoms with Crippen molar-refractivity contribution in [2.75, 3.05) is 32.7 Å². The zero-order valence-electron chi connectivity index (χ0n) is 12.2. The van der Waals surface area contributed by atoms with Gasteiger partial charge in [0.05, 0.1) is 6.10 Å². The first kappa shape index (κ1) is 16.0. The first-order chi connectivity index (χ1) is 10.1. The number of amides is 1. The molecule has 1 aromatic carbocycles. The molecule has 21 heavy (non-hydrogen) atoms. The van der Waals surface area contributed by atoms with Crippen molar-refractivity contribution in [3.63, 3.8) is 0 Å². The van der Waals surface area contributed by atoms with Gasteiger partial charge in [-0.3, -0.25) is 9.69 Å². The molecule has 1 N–H and O–H groups in total. The average molecular weight is 309 g/mol. The minimum absolute atomic E-state index is 0.00613. The summed E-state index contributed by atoms with van der Waals surface area (Å²) in [6.45, 7) is 5.44. The number of carbonyl (C=O) groups is 1. The first-order valence-corrected chi connectivity index (χ1v) is 7.56. The summed E-state index contributed by atoms with van der Waals surface area (Å²) in [7, 11) is 0. The summed E-state index contributed by atoms with van der Waals surface area (Å²) in [6, 6.07) is 7.45. The minimum atomic E-state index is -0.327. The maximum Gasteiger partial charge on any atom is 0.246 e. The molecule has 0 unspecified atom stereocenters. The Bertz CT molecular complexity index is 509. The van der Waals surface area contributed by atoms with Gasteiger partial charge in [-0.15, -0.1) is 0 Å². The molecule has 0 bridgehead atoms. The van der Waals surface area contributed by atoms with Gasteiger partial charge in [-0.1, -0.05) is 29.8 Å². The van der Waals surface area contributed by atoms with Crippen LogP contribution in [0.3, 0.4) is 0 Å². The Labute approximate surface area is 130 Å². The van der Waals surface area contributed by atoms with E-state index in [0.717, 1.165) is 18.7 Å². The van der Waals surface area contributed by atoms with Crippen LogP contribution < -0.4 is 0 Å². The van der Waals surface area contributed by atoms with Crippen molar-refractivity contribution in [1.82, 2.24) is 9.80 Å². The molecule has 1 aliphatic heterocycles. The highest BCUT2D eigenvalue weighted by Crippen LogP contribution is 2.16. The van der Waals surface area contributed by atoms with Crippen LogP contribution in [0.5, 0.6) is 0 Å². The summed E-state index contributed by atoms with van der Waals surface area (Å²) in [5, 5.41) is 10.0. The van der Waals surface area contributed by atoms with Gasteiger partial charge in [-0.05, 0) is 24.6 Å². The van der Waals surface area contributed by atoms with E-state index in [2.05, 4.69) is 4.90 Å². The largest absolute Gasteiger partial charge is 0.392 e. The predicted molar refractivity (Wildman–Crippen MR) is 85.2 cm³/mol. The van der Waals surface area contributed by atoms with Crippen molar-refractivity contribution in [2.24, 2.45) is 0 Å². The van der Waals surface area contributed by atoms with Gasteiger partial charge in [0.15, 0.2) is 0 Å². The summed E-state index contributed by atoms with van der Waals surface area (Å²) in [6.07, 6.45) is 3.01. The van der Waals surface area contributed by atoms with Crippen LogP contribution >= 0.6 is 11.6 Å². The highest BCUT2D eigenvalue weighted by Gasteiger charge is 2.20. The van der Waals surface area contributed by atoms with Gasteiger partial charge < -0.3 is 10.0 Å². The van der Waals surface area contributed by atoms with Crippen LogP contribution in [0.1, 0.15) is 12.5 Å². The molecular formula is C16H21ClN2O2. The Morgan fingerprint density at radius 2 is 2.00 bits per heavy atom. The SMILES string of the molecule is C[C@H](O)CN1CCN(C(=O)/C=C/c2ccccc2Cl)CC1. The summed E-state index contributed by atoms with van der Waals surface area (Å²) < 4.78 is 0. The third-order valence-corrected chi connectivity index (χ3v) is 3.86. The molecule has 0 spiro atoms. The number of rotatable bonds is 4. The van der Waals surface area contributed by atoms with Crippen molar-refractivity contribution >= 4 is 23.6 Å². The van der Waals surface area contributed by atoms with E-state index in [1.54, 1.807) is 25.1 Å². The summed E-state index contributed by atoms with van der Waals surface area (Å²) in [5.41, 5.74) is 0.847. The fraction of sp³-hybridized carbons (Fsp3) is 0.438. The van der Waals surface area contributed by atoms with E-state index in [1.807, 2.05) is 23.1 Å². The van der Waals surface area contributed by atoms with E-state index in [9.17, 15) is 9.90 Å². The number of piperazine rings is 1. The van der Waals surface area contributed by atoms with Gasteiger partial charge >= 0.3 is 0 Å². The molecule has 0 saturated carbocycles. The molecule has 0 radical (unpaired) electrons. The number of halogens is 1. The topological polar surface area (TPSA) is 43.8 Å². The summed E-state index contributed by atoms with van der Waals surface area (Å²) in [5.74, 6) is 0.00613. The van der Waals surface area contributed by atoms with Crippen LogP contribution in [0.4, 0.5) is 0 Å². The Morgan fingerprint density at radius 1 is 1.33 bits per heavy atom. The first-order valence-electron chi connectivity index (χ1n) is 7.18. The number of β-amino-alcohol motifs (C(OH)–C–C–N with tert-alkyl or cyclic N) is 1. The molecule has 1 fully saturated rings. The standard InChI is InChI=1S/C16H21ClN2O2/c1-13(20)12-18-8-10-19(11-9-18)16(21)7-6-14-4-2-3-5-15(14)17/h2-7,13,20H,8-12H2,1H3/b7-6+/t13-/m0/s1. The van der Waals surface area contributed by atoms with Crippen LogP contribution in [-0.2, 0) is 4.79 Å². The van der Waals surface area contributed by atoms with Crippen LogP contribution in [-0.4, -0.2) is 59.6 Å². The molecule has 5 heteroatoms. The van der Waals surface area contributed by atoms with Crippen molar-refractivity contribution in [3.05, 3.63) is 40.9 Å². The van der Waals surface area contributed by atoms with Crippen LogP contribution in [0.15, 0.2) is 30.3 Å². The van der Waals surface area contributed by atoms with Gasteiger partial charge in [-0.25, -0.2) is 0 Å². The van der Waals surface area contributed by atoms with Gasteiger partial charge in [-0.2, -0.15) is 0 Å². The average Bonchev–Trinajstić information content (AvgIpc) is 2.46. The zero-order chi connectivity index (χ0) is 15.2. The number of benzene rings is 1. The Balaban J connectivity index is 1.86. The second-order valence-electron chi connectivity index (χ2n) is 5.33. The van der Waals surface area contributed by atoms with E-state index in [-0.39, 0.29) is 12.0 Å². The highest BCUT2D eigenvalue weighted by atomic mass is 35.5. The van der Waals surface area contributed by atoms with E-state index in [1.165, 1.54) is 0 Å². The third-order valence-electron chi connectivity index (χ3n) is 3.52. The number of aliphatic hydroxyl groups excluding tert-OH is 1. The maximum atomic E-state index is 12.1. The van der Waals surface area contributed by atoms with Gasteiger partial charge in [0, 0.05) is 43.8 Å². The lowest BCUT2D eigenvalue weighted by Gasteiger charge is -2.34. The molecule has 1 heterocycles. The van der Waals surface area contributed by atoms with E-state index in [0.29, 0.717) is 24.7 Å². The lowest BCUT2D eigenvalue weighted by Crippen LogP contribution is -2.49. The van der Waals surface area contributed by atoms with Gasteiger partial charge in [0.1, 0.15) is 0 Å². The van der Waals surface area contributed by atoms with Crippen LogP contribution in [0, 0.1) is 0 Å². The number of carbonyl (C=O) groups excluding carboxylic acids is 1. The zero-order valence-corrected chi connectivity index (χ0v) is 13.0. The lowest BCUT2D eigenvalue weighted by molar-refractivity contribution is -0.127. The predicted octanol–water partition coefficient (Wildman–Crippen LogP) is 1.88. The fourth-order valence-corrected chi connectivity index (χ4v) is 2.60. The molecule has 2 rings (SSSR count). The normalized spacial score (nSPS) is 18.1. The molecule has 1 aliphatic rings. The summed E-state index contributed by atoms with van der Waals surface area (Å²) >= 11 is 6.05. The molecule has 114 valence electrons. The maximum absolute atomic E-state index is 12.1. The van der Waals surface area contributed by atoms with Gasteiger partial charge in [0.2, 0.25) is 5.91 Å². The van der Waals surface area contributed by atoms with E-state index in [4.69, 9.17) is 11.6 Å². The van der Waals surface area contributed by atoms with Crippen LogP contribution in [0.2, 0.25) is 5.02 Å². The molecule has 0 aliphatic carbocycles. The second kappa shape index (κ2) is 7.59. The monoisotopic (exact) mass is 308 g/mol. The fourth-order valence-electron chi connectivity index (χ4n) is 2.40. The Kier molecular flexibility index (Phi) is 5.79. The van der Waals surface area contributed by atoms with E-state index < -0.39 is 0 Å². The molecule has 1 amide bonds. The quantitative estimate of drug-likeness (QED) is 0.864. The Morgan fingerprint density at radius 3 is 2.62 bits per heavy atom. The summed E-state index contributed by atoms with van der Waals surface area (Å²) in [4.78, 5) is 16.1. The van der Waals surface area contributed by atoms with E-state index >= 15 is 0 Å². The lowest BCUT2D eigenvalue weighted by atomic mass is 10.2. The molecule has 0 aromatic heterocycles. The second-order valence-corrected chi connectivity index (χ2v) is 5.74. The van der Waals surface area contributed by atoms with Crippen molar-refractivity contribution in [1.29, 1.82) is 0 Å². The smallest absolute Gasteiger partial charge is 0.246 e. The highest BCUT2D eigenvalue weighted by molar-refractivity contribution is 6.32. The van der Waals surface area contributed by atoms with Crippen molar-refractivity contribution < 1.29 is 9.90 Å². The van der Waals surface area contributed by atoms with Crippen LogP contribution in [0.25, 0.3) is 6.08 Å². The molecule has 4 nitrogen and oxygen atoms in total. The van der Waals surface area contributed by atoms with Crippen molar-refractivity contribution in [2.45, 2.75) is 13.0 Å². The van der Waals surface area contributed by atoms with Gasteiger partial charge in [0.25, 0.3) is 0 Å². The molecule has 1 aromatic rings. The number of aliphatic hydroxyl groups is 1. The number of nitrogens with zero attached hydrogens (tertiary/aromatic N) is 2. The molecular weight excluding hydrogens is 288 g/mol. The molecule has 1 atom stereocenters.